The topological polar surface area (TPSA) is 64.3 Å². The number of hydrogen-bond acceptors (Lipinski definition) is 3. The monoisotopic (exact) mass is 252 g/mol. The first-order valence-electron chi connectivity index (χ1n) is 6.07. The molecule has 5 heteroatoms. The van der Waals surface area contributed by atoms with Crippen molar-refractivity contribution in [2.45, 2.75) is 31.9 Å². The quantitative estimate of drug-likeness (QED) is 0.802. The first kappa shape index (κ1) is 12.8. The van der Waals surface area contributed by atoms with E-state index >= 15 is 0 Å². The summed E-state index contributed by atoms with van der Waals surface area (Å²) in [6.45, 7) is 2.65. The van der Waals surface area contributed by atoms with Gasteiger partial charge in [0.1, 0.15) is 5.82 Å². The van der Waals surface area contributed by atoms with Gasteiger partial charge in [-0.1, -0.05) is 0 Å². The Morgan fingerprint density at radius 1 is 1.56 bits per heavy atom. The second kappa shape index (κ2) is 5.35. The standard InChI is InChI=1S/C13H17FN2O2/c1-2-18-10-6-9(7-10)16-13(17)8-3-4-11(14)12(15)5-8/h3-5,9-10H,2,6-7,15H2,1H3,(H,16,17). The van der Waals surface area contributed by atoms with Crippen LogP contribution in [0, 0.1) is 5.82 Å². The molecule has 1 aromatic carbocycles. The number of carbonyl (C=O) groups excluding carboxylic acids is 1. The Morgan fingerprint density at radius 2 is 2.28 bits per heavy atom. The zero-order valence-corrected chi connectivity index (χ0v) is 10.3. The minimum absolute atomic E-state index is 0.0107. The third-order valence-corrected chi connectivity index (χ3v) is 3.09. The second-order valence-corrected chi connectivity index (χ2v) is 4.46. The number of nitrogens with one attached hydrogen (secondary N) is 1. The molecule has 98 valence electrons. The fourth-order valence-corrected chi connectivity index (χ4v) is 2.01. The van der Waals surface area contributed by atoms with Crippen molar-refractivity contribution in [3.63, 3.8) is 0 Å². The Kier molecular flexibility index (Phi) is 3.81. The van der Waals surface area contributed by atoms with Crippen molar-refractivity contribution < 1.29 is 13.9 Å². The molecule has 0 aromatic heterocycles. The number of benzene rings is 1. The van der Waals surface area contributed by atoms with Crippen molar-refractivity contribution in [3.8, 4) is 0 Å². The van der Waals surface area contributed by atoms with Gasteiger partial charge in [0.2, 0.25) is 0 Å². The van der Waals surface area contributed by atoms with E-state index in [2.05, 4.69) is 5.32 Å². The van der Waals surface area contributed by atoms with Gasteiger partial charge in [-0.05, 0) is 38.0 Å². The molecule has 0 spiro atoms. The summed E-state index contributed by atoms with van der Waals surface area (Å²) in [6, 6.07) is 4.12. The van der Waals surface area contributed by atoms with E-state index in [1.165, 1.54) is 18.2 Å². The fourth-order valence-electron chi connectivity index (χ4n) is 2.01. The van der Waals surface area contributed by atoms with E-state index in [1.807, 2.05) is 6.92 Å². The summed E-state index contributed by atoms with van der Waals surface area (Å²) in [5, 5.41) is 2.87. The minimum atomic E-state index is -0.508. The third-order valence-electron chi connectivity index (χ3n) is 3.09. The van der Waals surface area contributed by atoms with Crippen LogP contribution < -0.4 is 11.1 Å². The van der Waals surface area contributed by atoms with Gasteiger partial charge < -0.3 is 15.8 Å². The van der Waals surface area contributed by atoms with Crippen molar-refractivity contribution in [2.24, 2.45) is 0 Å². The molecule has 0 bridgehead atoms. The van der Waals surface area contributed by atoms with Crippen LogP contribution in [0.3, 0.4) is 0 Å². The van der Waals surface area contributed by atoms with Gasteiger partial charge in [-0.25, -0.2) is 4.39 Å². The Bertz CT molecular complexity index is 445. The molecule has 0 radical (unpaired) electrons. The highest BCUT2D eigenvalue weighted by Gasteiger charge is 2.30. The normalized spacial score (nSPS) is 22.3. The van der Waals surface area contributed by atoms with Gasteiger partial charge in [0.25, 0.3) is 5.91 Å². The largest absolute Gasteiger partial charge is 0.396 e. The molecule has 1 aliphatic carbocycles. The highest BCUT2D eigenvalue weighted by molar-refractivity contribution is 5.95. The highest BCUT2D eigenvalue weighted by atomic mass is 19.1. The minimum Gasteiger partial charge on any atom is -0.396 e. The first-order valence-corrected chi connectivity index (χ1v) is 6.07. The number of nitrogens with two attached hydrogens (primary N) is 1. The Balaban J connectivity index is 1.87. The van der Waals surface area contributed by atoms with Gasteiger partial charge in [-0.2, -0.15) is 0 Å². The van der Waals surface area contributed by atoms with Crippen molar-refractivity contribution in [3.05, 3.63) is 29.6 Å². The van der Waals surface area contributed by atoms with Gasteiger partial charge in [0, 0.05) is 18.2 Å². The number of carbonyl (C=O) groups is 1. The van der Waals surface area contributed by atoms with E-state index in [4.69, 9.17) is 10.5 Å². The molecule has 2 rings (SSSR count). The molecule has 0 saturated heterocycles. The number of nitrogen functional groups attached to an aromatic ring is 1. The fraction of sp³-hybridized carbons (Fsp3) is 0.462. The van der Waals surface area contributed by atoms with Crippen molar-refractivity contribution >= 4 is 11.6 Å². The lowest BCUT2D eigenvalue weighted by molar-refractivity contribution is -0.00862. The smallest absolute Gasteiger partial charge is 0.251 e. The van der Waals surface area contributed by atoms with Crippen molar-refractivity contribution in [2.75, 3.05) is 12.3 Å². The summed E-state index contributed by atoms with van der Waals surface area (Å²) in [4.78, 5) is 11.8. The molecule has 1 saturated carbocycles. The van der Waals surface area contributed by atoms with Crippen LogP contribution in [0.25, 0.3) is 0 Å². The van der Waals surface area contributed by atoms with E-state index in [0.717, 1.165) is 12.8 Å². The maximum Gasteiger partial charge on any atom is 0.251 e. The molecule has 1 aliphatic rings. The number of anilines is 1. The van der Waals surface area contributed by atoms with Crippen molar-refractivity contribution in [1.82, 2.24) is 5.32 Å². The predicted molar refractivity (Wildman–Crippen MR) is 66.7 cm³/mol. The van der Waals surface area contributed by atoms with Crippen LogP contribution in [0.2, 0.25) is 0 Å². The van der Waals surface area contributed by atoms with Gasteiger partial charge in [0.15, 0.2) is 0 Å². The number of amides is 1. The molecule has 3 N–H and O–H groups in total. The Labute approximate surface area is 105 Å². The SMILES string of the molecule is CCOC1CC(NC(=O)c2ccc(F)c(N)c2)C1. The lowest BCUT2D eigenvalue weighted by Gasteiger charge is -2.35. The van der Waals surface area contributed by atoms with Crippen molar-refractivity contribution in [1.29, 1.82) is 0 Å². The van der Waals surface area contributed by atoms with Gasteiger partial charge in [-0.15, -0.1) is 0 Å². The van der Waals surface area contributed by atoms with E-state index in [0.29, 0.717) is 12.2 Å². The molecular formula is C13H17FN2O2. The number of ether oxygens (including phenoxy) is 1. The van der Waals surface area contributed by atoms with Crippen LogP contribution in [0.1, 0.15) is 30.1 Å². The van der Waals surface area contributed by atoms with Crippen LogP contribution in [0.15, 0.2) is 18.2 Å². The average Bonchev–Trinajstić information content (AvgIpc) is 2.30. The Hall–Kier alpha value is -1.62. The second-order valence-electron chi connectivity index (χ2n) is 4.46. The molecule has 0 heterocycles. The van der Waals surface area contributed by atoms with Crippen LogP contribution in [0.4, 0.5) is 10.1 Å². The summed E-state index contributed by atoms with van der Waals surface area (Å²) >= 11 is 0. The third kappa shape index (κ3) is 2.79. The predicted octanol–water partition coefficient (Wildman–Crippen LogP) is 1.71. The molecule has 4 nitrogen and oxygen atoms in total. The van der Waals surface area contributed by atoms with Gasteiger partial charge in [0.05, 0.1) is 11.8 Å². The van der Waals surface area contributed by atoms with E-state index in [-0.39, 0.29) is 23.7 Å². The maximum atomic E-state index is 13.0. The molecule has 1 fully saturated rings. The number of hydrogen-bond donors (Lipinski definition) is 2. The highest BCUT2D eigenvalue weighted by Crippen LogP contribution is 2.23. The molecular weight excluding hydrogens is 235 g/mol. The summed E-state index contributed by atoms with van der Waals surface area (Å²) in [5.41, 5.74) is 5.79. The van der Waals surface area contributed by atoms with Crippen LogP contribution in [-0.4, -0.2) is 24.7 Å². The maximum absolute atomic E-state index is 13.0. The zero-order valence-electron chi connectivity index (χ0n) is 10.3. The summed E-state index contributed by atoms with van der Waals surface area (Å²) in [7, 11) is 0. The average molecular weight is 252 g/mol. The molecule has 0 aliphatic heterocycles. The summed E-state index contributed by atoms with van der Waals surface area (Å²) in [5.74, 6) is -0.728. The molecule has 18 heavy (non-hydrogen) atoms. The van der Waals surface area contributed by atoms with Crippen LogP contribution in [0.5, 0.6) is 0 Å². The van der Waals surface area contributed by atoms with E-state index in [1.54, 1.807) is 0 Å². The van der Waals surface area contributed by atoms with E-state index < -0.39 is 5.82 Å². The molecule has 1 amide bonds. The lowest BCUT2D eigenvalue weighted by Crippen LogP contribution is -2.47. The van der Waals surface area contributed by atoms with Crippen LogP contribution in [-0.2, 0) is 4.74 Å². The molecule has 1 aromatic rings. The van der Waals surface area contributed by atoms with Gasteiger partial charge >= 0.3 is 0 Å². The summed E-state index contributed by atoms with van der Waals surface area (Å²) < 4.78 is 18.4. The lowest BCUT2D eigenvalue weighted by atomic mass is 9.89. The van der Waals surface area contributed by atoms with Crippen LogP contribution >= 0.6 is 0 Å². The number of rotatable bonds is 4. The Morgan fingerprint density at radius 3 is 2.89 bits per heavy atom. The molecule has 0 unspecified atom stereocenters. The first-order chi connectivity index (χ1) is 8.60. The number of halogens is 1. The zero-order chi connectivity index (χ0) is 13.1. The van der Waals surface area contributed by atoms with Gasteiger partial charge in [-0.3, -0.25) is 4.79 Å². The molecule has 0 atom stereocenters. The van der Waals surface area contributed by atoms with E-state index in [9.17, 15) is 9.18 Å². The summed E-state index contributed by atoms with van der Waals surface area (Å²) in [6.07, 6.45) is 1.91.